The van der Waals surface area contributed by atoms with E-state index >= 15 is 0 Å². The Hall–Kier alpha value is -1.58. The Kier molecular flexibility index (Phi) is 9.98. The van der Waals surface area contributed by atoms with E-state index in [1.54, 1.807) is 7.05 Å². The number of aryl methyl sites for hydroxylation is 1. The molecule has 1 aromatic heterocycles. The minimum Gasteiger partial charge on any atom is -0.356 e. The van der Waals surface area contributed by atoms with Crippen LogP contribution in [0, 0.1) is 12.3 Å². The van der Waals surface area contributed by atoms with Crippen LogP contribution in [0.5, 0.6) is 0 Å². The first kappa shape index (κ1) is 24.5. The maximum Gasteiger partial charge on any atom is 0.227 e. The minimum atomic E-state index is -0.492. The van der Waals surface area contributed by atoms with Crippen LogP contribution in [0.3, 0.4) is 0 Å². The van der Waals surface area contributed by atoms with Crippen LogP contribution in [0.2, 0.25) is 0 Å². The van der Waals surface area contributed by atoms with Crippen molar-refractivity contribution in [2.45, 2.75) is 46.6 Å². The van der Waals surface area contributed by atoms with Gasteiger partial charge >= 0.3 is 0 Å². The van der Waals surface area contributed by atoms with Gasteiger partial charge in [0.25, 0.3) is 0 Å². The highest BCUT2D eigenvalue weighted by molar-refractivity contribution is 14.0. The summed E-state index contributed by atoms with van der Waals surface area (Å²) in [6, 6.07) is 4.56. The van der Waals surface area contributed by atoms with Crippen LogP contribution in [-0.2, 0) is 4.79 Å². The molecule has 1 saturated heterocycles. The van der Waals surface area contributed by atoms with E-state index in [0.717, 1.165) is 37.7 Å². The summed E-state index contributed by atoms with van der Waals surface area (Å²) in [6.45, 7) is 11.0. The molecule has 0 saturated carbocycles. The van der Waals surface area contributed by atoms with Gasteiger partial charge in [-0.2, -0.15) is 0 Å². The Balaban J connectivity index is 0.00000392. The van der Waals surface area contributed by atoms with Gasteiger partial charge in [0.2, 0.25) is 5.91 Å². The normalized spacial score (nSPS) is 15.6. The molecule has 0 aromatic carbocycles. The van der Waals surface area contributed by atoms with Gasteiger partial charge in [-0.25, -0.2) is 4.98 Å². The van der Waals surface area contributed by atoms with Crippen molar-refractivity contribution >= 4 is 41.7 Å². The molecular formula is C20H35IN6O. The van der Waals surface area contributed by atoms with Crippen molar-refractivity contribution in [1.82, 2.24) is 20.9 Å². The second-order valence-corrected chi connectivity index (χ2v) is 7.77. The first-order valence-corrected chi connectivity index (χ1v) is 9.79. The SMILES string of the molecule is CCNC(=O)C(C)(C)CNC(=NC)NC1CCN(c2ccc(C)cn2)CC1.I. The first-order valence-electron chi connectivity index (χ1n) is 9.79. The third-order valence-electron chi connectivity index (χ3n) is 4.93. The lowest BCUT2D eigenvalue weighted by atomic mass is 9.92. The fraction of sp³-hybridized carbons (Fsp3) is 0.650. The van der Waals surface area contributed by atoms with Gasteiger partial charge in [0.05, 0.1) is 5.41 Å². The molecule has 3 N–H and O–H groups in total. The van der Waals surface area contributed by atoms with Crippen molar-refractivity contribution in [3.8, 4) is 0 Å². The predicted octanol–water partition coefficient (Wildman–Crippen LogP) is 2.30. The van der Waals surface area contributed by atoms with Gasteiger partial charge < -0.3 is 20.9 Å². The highest BCUT2D eigenvalue weighted by atomic mass is 127. The monoisotopic (exact) mass is 502 g/mol. The van der Waals surface area contributed by atoms with E-state index in [1.165, 1.54) is 5.56 Å². The van der Waals surface area contributed by atoms with E-state index in [4.69, 9.17) is 0 Å². The molecule has 1 fully saturated rings. The summed E-state index contributed by atoms with van der Waals surface area (Å²) < 4.78 is 0. The molecular weight excluding hydrogens is 467 g/mol. The Morgan fingerprint density at radius 3 is 2.50 bits per heavy atom. The molecule has 1 aliphatic rings. The second kappa shape index (κ2) is 11.4. The zero-order valence-electron chi connectivity index (χ0n) is 17.7. The maximum atomic E-state index is 12.1. The van der Waals surface area contributed by atoms with Gasteiger partial charge in [-0.1, -0.05) is 6.07 Å². The molecule has 2 heterocycles. The highest BCUT2D eigenvalue weighted by Gasteiger charge is 2.28. The molecule has 1 amide bonds. The summed E-state index contributed by atoms with van der Waals surface area (Å²) in [4.78, 5) is 23.3. The number of hydrogen-bond acceptors (Lipinski definition) is 4. The van der Waals surface area contributed by atoms with Crippen LogP contribution in [-0.4, -0.2) is 56.1 Å². The number of pyridine rings is 1. The maximum absolute atomic E-state index is 12.1. The third-order valence-corrected chi connectivity index (χ3v) is 4.93. The lowest BCUT2D eigenvalue weighted by Crippen LogP contribution is -2.52. The molecule has 158 valence electrons. The number of anilines is 1. The number of carbonyl (C=O) groups excluding carboxylic acids is 1. The molecule has 1 aromatic rings. The zero-order chi connectivity index (χ0) is 19.9. The summed E-state index contributed by atoms with van der Waals surface area (Å²) in [7, 11) is 1.76. The van der Waals surface area contributed by atoms with E-state index < -0.39 is 5.41 Å². The third kappa shape index (κ3) is 7.10. The molecule has 7 nitrogen and oxygen atoms in total. The van der Waals surface area contributed by atoms with Crippen LogP contribution in [0.25, 0.3) is 0 Å². The second-order valence-electron chi connectivity index (χ2n) is 7.77. The Morgan fingerprint density at radius 2 is 1.96 bits per heavy atom. The van der Waals surface area contributed by atoms with Crippen molar-refractivity contribution in [1.29, 1.82) is 0 Å². The smallest absolute Gasteiger partial charge is 0.227 e. The lowest BCUT2D eigenvalue weighted by molar-refractivity contribution is -0.128. The molecule has 8 heteroatoms. The van der Waals surface area contributed by atoms with E-state index in [-0.39, 0.29) is 29.9 Å². The summed E-state index contributed by atoms with van der Waals surface area (Å²) >= 11 is 0. The lowest BCUT2D eigenvalue weighted by Gasteiger charge is -2.34. The number of piperidine rings is 1. The Morgan fingerprint density at radius 1 is 1.29 bits per heavy atom. The van der Waals surface area contributed by atoms with Crippen molar-refractivity contribution in [2.24, 2.45) is 10.4 Å². The van der Waals surface area contributed by atoms with Crippen LogP contribution in [0.15, 0.2) is 23.3 Å². The van der Waals surface area contributed by atoms with E-state index in [9.17, 15) is 4.79 Å². The fourth-order valence-corrected chi connectivity index (χ4v) is 3.07. The number of nitrogens with zero attached hydrogens (tertiary/aromatic N) is 3. The average Bonchev–Trinajstić information content (AvgIpc) is 2.66. The van der Waals surface area contributed by atoms with Gasteiger partial charge in [0, 0.05) is 45.5 Å². The Labute approximate surface area is 186 Å². The van der Waals surface area contributed by atoms with Crippen LogP contribution in [0.4, 0.5) is 5.82 Å². The van der Waals surface area contributed by atoms with Crippen molar-refractivity contribution < 1.29 is 4.79 Å². The quantitative estimate of drug-likeness (QED) is 0.316. The van der Waals surface area contributed by atoms with Crippen molar-refractivity contribution in [2.75, 3.05) is 38.1 Å². The van der Waals surface area contributed by atoms with Gasteiger partial charge in [-0.05, 0) is 52.2 Å². The van der Waals surface area contributed by atoms with Gasteiger partial charge in [-0.3, -0.25) is 9.79 Å². The predicted molar refractivity (Wildman–Crippen MR) is 127 cm³/mol. The molecule has 0 radical (unpaired) electrons. The van der Waals surface area contributed by atoms with Crippen LogP contribution in [0.1, 0.15) is 39.2 Å². The minimum absolute atomic E-state index is 0. The molecule has 0 spiro atoms. The zero-order valence-corrected chi connectivity index (χ0v) is 20.0. The molecule has 0 atom stereocenters. The highest BCUT2D eigenvalue weighted by Crippen LogP contribution is 2.18. The molecule has 1 aliphatic heterocycles. The van der Waals surface area contributed by atoms with Crippen molar-refractivity contribution in [3.05, 3.63) is 23.9 Å². The number of aliphatic imine (C=N–C) groups is 1. The number of hydrogen-bond donors (Lipinski definition) is 3. The van der Waals surface area contributed by atoms with E-state index in [2.05, 4.69) is 49.9 Å². The molecule has 0 bridgehead atoms. The average molecular weight is 502 g/mol. The Bertz CT molecular complexity index is 639. The summed E-state index contributed by atoms with van der Waals surface area (Å²) in [6.07, 6.45) is 3.97. The molecule has 0 unspecified atom stereocenters. The van der Waals surface area contributed by atoms with E-state index in [0.29, 0.717) is 19.1 Å². The standard InChI is InChI=1S/C20H34N6O.HI/c1-6-22-18(27)20(3,4)14-24-19(21-5)25-16-9-11-26(12-10-16)17-8-7-15(2)13-23-17;/h7-8,13,16H,6,9-12,14H2,1-5H3,(H,22,27)(H2,21,24,25);1H. The fourth-order valence-electron chi connectivity index (χ4n) is 3.07. The van der Waals surface area contributed by atoms with Crippen LogP contribution >= 0.6 is 24.0 Å². The molecule has 2 rings (SSSR count). The van der Waals surface area contributed by atoms with Gasteiger partial charge in [0.15, 0.2) is 5.96 Å². The number of carbonyl (C=O) groups is 1. The first-order chi connectivity index (χ1) is 12.9. The van der Waals surface area contributed by atoms with Gasteiger partial charge in [0.1, 0.15) is 5.82 Å². The molecule has 0 aliphatic carbocycles. The molecule has 28 heavy (non-hydrogen) atoms. The van der Waals surface area contributed by atoms with Crippen LogP contribution < -0.4 is 20.9 Å². The van der Waals surface area contributed by atoms with Crippen molar-refractivity contribution in [3.63, 3.8) is 0 Å². The topological polar surface area (TPSA) is 81.6 Å². The number of aromatic nitrogens is 1. The summed E-state index contributed by atoms with van der Waals surface area (Å²) in [5, 5.41) is 9.67. The largest absolute Gasteiger partial charge is 0.356 e. The van der Waals surface area contributed by atoms with Gasteiger partial charge in [-0.15, -0.1) is 24.0 Å². The summed E-state index contributed by atoms with van der Waals surface area (Å²) in [5.41, 5.74) is 0.689. The summed E-state index contributed by atoms with van der Waals surface area (Å²) in [5.74, 6) is 1.84. The number of amides is 1. The van der Waals surface area contributed by atoms with E-state index in [1.807, 2.05) is 27.0 Å². The number of halogens is 1. The number of guanidine groups is 1. The number of nitrogens with one attached hydrogen (secondary N) is 3. The number of rotatable bonds is 6.